The summed E-state index contributed by atoms with van der Waals surface area (Å²) in [6.07, 6.45) is -5.63. The van der Waals surface area contributed by atoms with Crippen LogP contribution in [0.3, 0.4) is 0 Å². The number of Topliss-reactive ketones (excluding diaryl/α,β-unsaturated/α-hetero) is 1. The fourth-order valence-corrected chi connectivity index (χ4v) is 2.38. The van der Waals surface area contributed by atoms with E-state index in [-0.39, 0.29) is 26.1 Å². The Labute approximate surface area is 169 Å². The number of rotatable bonds is 13. The molecular weight excluding hydrogens is 417 g/mol. The minimum absolute atomic E-state index is 0.0907. The number of carbonyl (C=O) groups excluding carboxylic acids is 3. The molecule has 30 heavy (non-hydrogen) atoms. The fraction of sp³-hybridized carbons (Fsp3) is 0.526. The van der Waals surface area contributed by atoms with Gasteiger partial charge in [-0.1, -0.05) is 19.1 Å². The molecule has 1 N–H and O–H groups in total. The fourth-order valence-electron chi connectivity index (χ4n) is 2.38. The van der Waals surface area contributed by atoms with Crippen molar-refractivity contribution < 1.29 is 45.8 Å². The third kappa shape index (κ3) is 7.60. The summed E-state index contributed by atoms with van der Waals surface area (Å²) in [5.41, 5.74) is 0.428. The highest BCUT2D eigenvalue weighted by molar-refractivity contribution is 5.92. The Morgan fingerprint density at radius 1 is 1.10 bits per heavy atom. The van der Waals surface area contributed by atoms with E-state index >= 15 is 0 Å². The third-order valence-electron chi connectivity index (χ3n) is 3.94. The molecule has 1 atom stereocenters. The van der Waals surface area contributed by atoms with Gasteiger partial charge in [0.15, 0.2) is 5.78 Å². The van der Waals surface area contributed by atoms with Crippen molar-refractivity contribution in [2.45, 2.75) is 50.7 Å². The molecule has 0 saturated carbocycles. The van der Waals surface area contributed by atoms with Crippen molar-refractivity contribution in [3.8, 4) is 5.75 Å². The lowest BCUT2D eigenvalue weighted by molar-refractivity contribution is -0.270. The Bertz CT molecular complexity index is 706. The summed E-state index contributed by atoms with van der Waals surface area (Å²) in [6, 6.07) is 4.50. The number of ether oxygens (including phenoxy) is 2. The first-order valence-corrected chi connectivity index (χ1v) is 9.08. The minimum atomic E-state index is -6.06. The smallest absolute Gasteiger partial charge is 0.463 e. The summed E-state index contributed by atoms with van der Waals surface area (Å²) in [6.45, 7) is 2.39. The molecule has 1 aromatic carbocycles. The van der Waals surface area contributed by atoms with Crippen molar-refractivity contribution in [3.05, 3.63) is 29.8 Å². The largest absolute Gasteiger partial charge is 0.493 e. The van der Waals surface area contributed by atoms with Crippen LogP contribution in [0.5, 0.6) is 5.75 Å². The molecule has 0 unspecified atom stereocenters. The summed E-state index contributed by atoms with van der Waals surface area (Å²) in [4.78, 5) is 33.6. The van der Waals surface area contributed by atoms with Crippen molar-refractivity contribution in [1.29, 1.82) is 0 Å². The van der Waals surface area contributed by atoms with E-state index in [2.05, 4.69) is 4.74 Å². The highest BCUT2D eigenvalue weighted by atomic mass is 19.4. The number of alkyl halides is 5. The van der Waals surface area contributed by atoms with Crippen LogP contribution in [0.1, 0.15) is 31.7 Å². The van der Waals surface area contributed by atoms with Crippen LogP contribution in [0.15, 0.2) is 24.3 Å². The molecular formula is C19H22F5NO5. The molecule has 1 rings (SSSR count). The topological polar surface area (TPSA) is 81.7 Å². The maximum atomic E-state index is 13.2. The van der Waals surface area contributed by atoms with Crippen molar-refractivity contribution in [2.75, 3.05) is 13.2 Å². The van der Waals surface area contributed by atoms with Crippen molar-refractivity contribution >= 4 is 18.2 Å². The molecule has 168 valence electrons. The Morgan fingerprint density at radius 2 is 1.73 bits per heavy atom. The molecule has 1 amide bonds. The Morgan fingerprint density at radius 3 is 2.27 bits per heavy atom. The first-order chi connectivity index (χ1) is 14.0. The highest BCUT2D eigenvalue weighted by Gasteiger charge is 2.63. The Hall–Kier alpha value is -2.72. The quantitative estimate of drug-likeness (QED) is 0.290. The van der Waals surface area contributed by atoms with Crippen LogP contribution in [0, 0.1) is 0 Å². The second-order valence-electron chi connectivity index (χ2n) is 6.33. The second kappa shape index (κ2) is 11.5. The average molecular weight is 439 g/mol. The van der Waals surface area contributed by atoms with E-state index in [9.17, 15) is 36.3 Å². The zero-order valence-electron chi connectivity index (χ0n) is 16.1. The molecule has 0 bridgehead atoms. The van der Waals surface area contributed by atoms with E-state index in [0.29, 0.717) is 30.6 Å². The normalized spacial score (nSPS) is 12.7. The van der Waals surface area contributed by atoms with Gasteiger partial charge in [0.05, 0.1) is 19.3 Å². The lowest BCUT2D eigenvalue weighted by atomic mass is 9.99. The van der Waals surface area contributed by atoms with Crippen LogP contribution in [0.25, 0.3) is 0 Å². The SMILES string of the molecule is CCCC(=O)[C@H](Cc1ccc(OCCCOC=O)cc1)NC(=O)C(F)(F)C(F)(F)F. The van der Waals surface area contributed by atoms with Crippen molar-refractivity contribution in [3.63, 3.8) is 0 Å². The number of hydrogen-bond donors (Lipinski definition) is 1. The lowest BCUT2D eigenvalue weighted by Gasteiger charge is -2.23. The van der Waals surface area contributed by atoms with E-state index < -0.39 is 29.8 Å². The maximum Gasteiger partial charge on any atom is 0.463 e. The van der Waals surface area contributed by atoms with Gasteiger partial charge < -0.3 is 14.8 Å². The molecule has 0 heterocycles. The molecule has 0 radical (unpaired) electrons. The molecule has 1 aromatic rings. The van der Waals surface area contributed by atoms with E-state index in [4.69, 9.17) is 4.74 Å². The van der Waals surface area contributed by atoms with Gasteiger partial charge in [-0.15, -0.1) is 0 Å². The molecule has 0 aliphatic carbocycles. The number of hydrogen-bond acceptors (Lipinski definition) is 5. The molecule has 11 heteroatoms. The van der Waals surface area contributed by atoms with Gasteiger partial charge in [0.25, 0.3) is 6.47 Å². The number of nitrogens with one attached hydrogen (secondary N) is 1. The van der Waals surface area contributed by atoms with Crippen LogP contribution >= 0.6 is 0 Å². The summed E-state index contributed by atoms with van der Waals surface area (Å²) < 4.78 is 73.5. The van der Waals surface area contributed by atoms with Crippen LogP contribution in [-0.2, 0) is 25.5 Å². The predicted molar refractivity (Wildman–Crippen MR) is 95.1 cm³/mol. The van der Waals surface area contributed by atoms with Crippen molar-refractivity contribution in [1.82, 2.24) is 5.32 Å². The van der Waals surface area contributed by atoms with Gasteiger partial charge >= 0.3 is 18.0 Å². The van der Waals surface area contributed by atoms with Gasteiger partial charge in [0.1, 0.15) is 5.75 Å². The lowest BCUT2D eigenvalue weighted by Crippen LogP contribution is -2.55. The van der Waals surface area contributed by atoms with E-state index in [1.165, 1.54) is 29.6 Å². The first kappa shape index (κ1) is 25.3. The summed E-state index contributed by atoms with van der Waals surface area (Å²) in [5.74, 6) is -8.39. The van der Waals surface area contributed by atoms with Gasteiger partial charge in [-0.05, 0) is 30.5 Å². The number of amides is 1. The molecule has 6 nitrogen and oxygen atoms in total. The zero-order valence-corrected chi connectivity index (χ0v) is 16.1. The number of benzene rings is 1. The summed E-state index contributed by atoms with van der Waals surface area (Å²) in [5, 5.41) is 1.53. The molecule has 0 aromatic heterocycles. The van der Waals surface area contributed by atoms with Gasteiger partial charge in [0.2, 0.25) is 0 Å². The van der Waals surface area contributed by atoms with Crippen LogP contribution in [0.4, 0.5) is 22.0 Å². The second-order valence-corrected chi connectivity index (χ2v) is 6.33. The van der Waals surface area contributed by atoms with Gasteiger partial charge in [-0.2, -0.15) is 22.0 Å². The zero-order chi connectivity index (χ0) is 22.8. The Kier molecular flexibility index (Phi) is 9.67. The van der Waals surface area contributed by atoms with Gasteiger partial charge in [-0.25, -0.2) is 0 Å². The maximum absolute atomic E-state index is 13.2. The third-order valence-corrected chi connectivity index (χ3v) is 3.94. The molecule has 0 aliphatic heterocycles. The first-order valence-electron chi connectivity index (χ1n) is 9.08. The van der Waals surface area contributed by atoms with Crippen molar-refractivity contribution in [2.24, 2.45) is 0 Å². The van der Waals surface area contributed by atoms with Gasteiger partial charge in [0, 0.05) is 12.8 Å². The summed E-state index contributed by atoms with van der Waals surface area (Å²) in [7, 11) is 0. The van der Waals surface area contributed by atoms with E-state index in [1.807, 2.05) is 0 Å². The predicted octanol–water partition coefficient (Wildman–Crippen LogP) is 3.22. The monoisotopic (exact) mass is 439 g/mol. The molecule has 0 aliphatic rings. The van der Waals surface area contributed by atoms with E-state index in [0.717, 1.165) is 0 Å². The van der Waals surface area contributed by atoms with Crippen LogP contribution < -0.4 is 10.1 Å². The number of carbonyl (C=O) groups is 3. The van der Waals surface area contributed by atoms with E-state index in [1.54, 1.807) is 6.92 Å². The standard InChI is InChI=1S/C19H22F5NO5/c1-2-4-16(27)15(25-17(28)18(20,21)19(22,23)24)11-13-5-7-14(8-6-13)30-10-3-9-29-12-26/h5-8,12,15H,2-4,9-11H2,1H3,(H,25,28)/t15-/m0/s1. The molecule has 0 spiro atoms. The number of halogens is 5. The minimum Gasteiger partial charge on any atom is -0.493 e. The van der Waals surface area contributed by atoms with Gasteiger partial charge in [-0.3, -0.25) is 14.4 Å². The van der Waals surface area contributed by atoms with Crippen LogP contribution in [-0.4, -0.2) is 49.5 Å². The van der Waals surface area contributed by atoms with Crippen LogP contribution in [0.2, 0.25) is 0 Å². The molecule has 0 fully saturated rings. The number of ketones is 1. The summed E-state index contributed by atoms with van der Waals surface area (Å²) >= 11 is 0. The average Bonchev–Trinajstić information content (AvgIpc) is 2.67. The Balaban J connectivity index is 2.80. The molecule has 0 saturated heterocycles. The highest BCUT2D eigenvalue weighted by Crippen LogP contribution is 2.35.